The van der Waals surface area contributed by atoms with Crippen molar-refractivity contribution in [1.29, 1.82) is 0 Å². The van der Waals surface area contributed by atoms with Gasteiger partial charge in [-0.25, -0.2) is 9.97 Å². The van der Waals surface area contributed by atoms with Gasteiger partial charge < -0.3 is 15.4 Å². The van der Waals surface area contributed by atoms with Crippen LogP contribution in [0.3, 0.4) is 0 Å². The minimum absolute atomic E-state index is 0.0429. The number of ether oxygens (including phenoxy) is 1. The molecule has 0 saturated carbocycles. The first-order valence-corrected chi connectivity index (χ1v) is 8.76. The van der Waals surface area contributed by atoms with Gasteiger partial charge in [0, 0.05) is 17.8 Å². The van der Waals surface area contributed by atoms with Crippen LogP contribution < -0.4 is 15.4 Å². The Balaban J connectivity index is 1.71. The number of carbonyl (C=O) groups is 1. The molecule has 2 N–H and O–H groups in total. The molecule has 6 heteroatoms. The maximum atomic E-state index is 12.2. The van der Waals surface area contributed by atoms with Gasteiger partial charge in [-0.15, -0.1) is 0 Å². The molecule has 1 heterocycles. The van der Waals surface area contributed by atoms with E-state index in [1.807, 2.05) is 68.4 Å². The molecule has 0 atom stereocenters. The third-order valence-electron chi connectivity index (χ3n) is 3.60. The Morgan fingerprint density at radius 3 is 2.30 bits per heavy atom. The number of hydrogen-bond acceptors (Lipinski definition) is 5. The highest BCUT2D eigenvalue weighted by molar-refractivity contribution is 5.93. The zero-order valence-electron chi connectivity index (χ0n) is 15.6. The Labute approximate surface area is 158 Å². The second kappa shape index (κ2) is 8.31. The number of nitrogens with zero attached hydrogens (tertiary/aromatic N) is 2. The lowest BCUT2D eigenvalue weighted by molar-refractivity contribution is 0.0937. The fraction of sp³-hybridized carbons (Fsp3) is 0.190. The molecule has 1 aromatic heterocycles. The van der Waals surface area contributed by atoms with Crippen LogP contribution in [0, 0.1) is 6.92 Å². The molecule has 0 unspecified atom stereocenters. The highest BCUT2D eigenvalue weighted by atomic mass is 16.5. The van der Waals surface area contributed by atoms with Gasteiger partial charge in [0.2, 0.25) is 0 Å². The van der Waals surface area contributed by atoms with E-state index in [0.29, 0.717) is 17.3 Å². The van der Waals surface area contributed by atoms with Crippen molar-refractivity contribution in [1.82, 2.24) is 15.3 Å². The lowest BCUT2D eigenvalue weighted by atomic mass is 10.2. The zero-order chi connectivity index (χ0) is 19.2. The number of aromatic nitrogens is 2. The molecule has 6 nitrogen and oxygen atoms in total. The molecule has 0 bridgehead atoms. The van der Waals surface area contributed by atoms with Crippen LogP contribution in [0.4, 0.5) is 11.5 Å². The van der Waals surface area contributed by atoms with E-state index in [2.05, 4.69) is 20.6 Å². The van der Waals surface area contributed by atoms with Crippen molar-refractivity contribution >= 4 is 17.4 Å². The van der Waals surface area contributed by atoms with Crippen molar-refractivity contribution < 1.29 is 9.53 Å². The summed E-state index contributed by atoms with van der Waals surface area (Å²) in [5.74, 6) is 2.39. The molecular weight excluding hydrogens is 340 g/mol. The number of aryl methyl sites for hydroxylation is 1. The monoisotopic (exact) mass is 362 g/mol. The van der Waals surface area contributed by atoms with E-state index in [1.54, 1.807) is 13.0 Å². The first kappa shape index (κ1) is 18.4. The van der Waals surface area contributed by atoms with Gasteiger partial charge in [-0.3, -0.25) is 4.79 Å². The lowest BCUT2D eigenvalue weighted by Gasteiger charge is -2.11. The first-order valence-electron chi connectivity index (χ1n) is 8.76. The summed E-state index contributed by atoms with van der Waals surface area (Å²) in [6.45, 7) is 5.57. The SMILES string of the molecule is Cc1nc(Nc2ccc(Oc3ccccc3)cc2)cc(C(=O)NC(C)C)n1. The van der Waals surface area contributed by atoms with Gasteiger partial charge in [-0.05, 0) is 57.2 Å². The number of amides is 1. The maximum absolute atomic E-state index is 12.2. The van der Waals surface area contributed by atoms with Gasteiger partial charge in [0.25, 0.3) is 5.91 Å². The van der Waals surface area contributed by atoms with E-state index in [-0.39, 0.29) is 11.9 Å². The van der Waals surface area contributed by atoms with Crippen molar-refractivity contribution in [2.24, 2.45) is 0 Å². The van der Waals surface area contributed by atoms with Crippen LogP contribution in [0.5, 0.6) is 11.5 Å². The molecule has 1 amide bonds. The topological polar surface area (TPSA) is 76.1 Å². The predicted molar refractivity (Wildman–Crippen MR) is 106 cm³/mol. The maximum Gasteiger partial charge on any atom is 0.270 e. The van der Waals surface area contributed by atoms with Crippen molar-refractivity contribution in [3.05, 3.63) is 72.2 Å². The van der Waals surface area contributed by atoms with E-state index in [1.165, 1.54) is 0 Å². The Bertz CT molecular complexity index is 909. The fourth-order valence-corrected chi connectivity index (χ4v) is 2.46. The Morgan fingerprint density at radius 1 is 0.963 bits per heavy atom. The zero-order valence-corrected chi connectivity index (χ0v) is 15.6. The van der Waals surface area contributed by atoms with Crippen LogP contribution in [0.2, 0.25) is 0 Å². The van der Waals surface area contributed by atoms with Crippen molar-refractivity contribution in [2.75, 3.05) is 5.32 Å². The second-order valence-corrected chi connectivity index (χ2v) is 6.38. The fourth-order valence-electron chi connectivity index (χ4n) is 2.46. The van der Waals surface area contributed by atoms with Gasteiger partial charge >= 0.3 is 0 Å². The number of nitrogens with one attached hydrogen (secondary N) is 2. The molecule has 0 radical (unpaired) electrons. The highest BCUT2D eigenvalue weighted by Gasteiger charge is 2.11. The molecule has 0 saturated heterocycles. The molecule has 0 aliphatic rings. The van der Waals surface area contributed by atoms with Gasteiger partial charge in [0.15, 0.2) is 0 Å². The van der Waals surface area contributed by atoms with Crippen molar-refractivity contribution in [2.45, 2.75) is 26.8 Å². The molecule has 0 aliphatic carbocycles. The number of hydrogen-bond donors (Lipinski definition) is 2. The number of benzene rings is 2. The average molecular weight is 362 g/mol. The summed E-state index contributed by atoms with van der Waals surface area (Å²) in [5, 5.41) is 6.03. The van der Waals surface area contributed by atoms with E-state index in [0.717, 1.165) is 17.2 Å². The van der Waals surface area contributed by atoms with Crippen LogP contribution in [0.15, 0.2) is 60.7 Å². The summed E-state index contributed by atoms with van der Waals surface area (Å²) in [7, 11) is 0. The van der Waals surface area contributed by atoms with Gasteiger partial charge in [0.1, 0.15) is 28.8 Å². The van der Waals surface area contributed by atoms with E-state index < -0.39 is 0 Å². The van der Waals surface area contributed by atoms with E-state index in [9.17, 15) is 4.79 Å². The molecular formula is C21H22N4O2. The summed E-state index contributed by atoms with van der Waals surface area (Å²) in [6.07, 6.45) is 0. The molecule has 3 rings (SSSR count). The second-order valence-electron chi connectivity index (χ2n) is 6.38. The molecule has 0 fully saturated rings. The smallest absolute Gasteiger partial charge is 0.270 e. The normalized spacial score (nSPS) is 10.5. The lowest BCUT2D eigenvalue weighted by Crippen LogP contribution is -2.31. The molecule has 138 valence electrons. The van der Waals surface area contributed by atoms with Crippen LogP contribution in [-0.4, -0.2) is 21.9 Å². The minimum atomic E-state index is -0.217. The summed E-state index contributed by atoms with van der Waals surface area (Å²) in [5.41, 5.74) is 1.17. The van der Waals surface area contributed by atoms with Crippen molar-refractivity contribution in [3.8, 4) is 11.5 Å². The minimum Gasteiger partial charge on any atom is -0.457 e. The average Bonchev–Trinajstić information content (AvgIpc) is 2.63. The third kappa shape index (κ3) is 5.28. The van der Waals surface area contributed by atoms with Gasteiger partial charge in [0.05, 0.1) is 0 Å². The molecule has 0 aliphatic heterocycles. The number of anilines is 2. The quantitative estimate of drug-likeness (QED) is 0.677. The number of rotatable bonds is 6. The van der Waals surface area contributed by atoms with E-state index in [4.69, 9.17) is 4.74 Å². The highest BCUT2D eigenvalue weighted by Crippen LogP contribution is 2.24. The summed E-state index contributed by atoms with van der Waals surface area (Å²) >= 11 is 0. The van der Waals surface area contributed by atoms with Crippen LogP contribution in [0.25, 0.3) is 0 Å². The van der Waals surface area contributed by atoms with Gasteiger partial charge in [-0.1, -0.05) is 18.2 Å². The Morgan fingerprint density at radius 2 is 1.63 bits per heavy atom. The molecule has 2 aromatic carbocycles. The summed E-state index contributed by atoms with van der Waals surface area (Å²) in [6, 6.07) is 18.8. The Hall–Kier alpha value is -3.41. The summed E-state index contributed by atoms with van der Waals surface area (Å²) in [4.78, 5) is 20.7. The predicted octanol–water partition coefficient (Wildman–Crippen LogP) is 4.46. The van der Waals surface area contributed by atoms with Crippen LogP contribution >= 0.6 is 0 Å². The first-order chi connectivity index (χ1) is 13.0. The van der Waals surface area contributed by atoms with Crippen LogP contribution in [0.1, 0.15) is 30.2 Å². The number of carbonyl (C=O) groups excluding carboxylic acids is 1. The molecule has 0 spiro atoms. The number of para-hydroxylation sites is 1. The van der Waals surface area contributed by atoms with E-state index >= 15 is 0 Å². The standard InChI is InChI=1S/C21H22N4O2/c1-14(2)22-21(26)19-13-20(24-15(3)23-19)25-16-9-11-18(12-10-16)27-17-7-5-4-6-8-17/h4-14H,1-3H3,(H,22,26)(H,23,24,25). The summed E-state index contributed by atoms with van der Waals surface area (Å²) < 4.78 is 5.78. The molecule has 27 heavy (non-hydrogen) atoms. The van der Waals surface area contributed by atoms with Crippen molar-refractivity contribution in [3.63, 3.8) is 0 Å². The largest absolute Gasteiger partial charge is 0.457 e. The Kier molecular flexibility index (Phi) is 5.66. The van der Waals surface area contributed by atoms with Crippen LogP contribution in [-0.2, 0) is 0 Å². The molecule has 3 aromatic rings. The third-order valence-corrected chi connectivity index (χ3v) is 3.60. The van der Waals surface area contributed by atoms with Gasteiger partial charge in [-0.2, -0.15) is 0 Å².